The van der Waals surface area contributed by atoms with Crippen molar-refractivity contribution in [3.05, 3.63) is 59.4 Å². The first-order valence-electron chi connectivity index (χ1n) is 6.16. The summed E-state index contributed by atoms with van der Waals surface area (Å²) < 4.78 is 1.95. The summed E-state index contributed by atoms with van der Waals surface area (Å²) in [5, 5.41) is 0.610. The number of nitrogens with zero attached hydrogens (tertiary/aromatic N) is 2. The van der Waals surface area contributed by atoms with Crippen LogP contribution in [0.1, 0.15) is 5.69 Å². The fourth-order valence-electron chi connectivity index (χ4n) is 2.24. The standard InChI is InChI=1S/C15H12ClN3S/c16-11-7-4-8-19-12(9-13(17)20)14(18-15(11)19)10-5-2-1-3-6-10/h1-8H,9H2,(H2,17,20). The molecule has 0 aliphatic heterocycles. The molecule has 100 valence electrons. The summed E-state index contributed by atoms with van der Waals surface area (Å²) in [7, 11) is 0. The number of halogens is 1. The van der Waals surface area contributed by atoms with Crippen molar-refractivity contribution in [2.75, 3.05) is 0 Å². The highest BCUT2D eigenvalue weighted by Crippen LogP contribution is 2.27. The van der Waals surface area contributed by atoms with Gasteiger partial charge in [-0.3, -0.25) is 0 Å². The molecule has 3 aromatic rings. The number of hydrogen-bond donors (Lipinski definition) is 1. The number of pyridine rings is 1. The summed E-state index contributed by atoms with van der Waals surface area (Å²) in [6.07, 6.45) is 2.41. The van der Waals surface area contributed by atoms with E-state index in [1.165, 1.54) is 0 Å². The minimum absolute atomic E-state index is 0.434. The number of aromatic nitrogens is 2. The van der Waals surface area contributed by atoms with E-state index in [2.05, 4.69) is 4.98 Å². The lowest BCUT2D eigenvalue weighted by atomic mass is 10.1. The highest BCUT2D eigenvalue weighted by atomic mass is 35.5. The predicted molar refractivity (Wildman–Crippen MR) is 86.1 cm³/mol. The number of thiocarbonyl (C=S) groups is 1. The average molecular weight is 302 g/mol. The Hall–Kier alpha value is -1.91. The van der Waals surface area contributed by atoms with Crippen LogP contribution in [0.4, 0.5) is 0 Å². The summed E-state index contributed by atoms with van der Waals surface area (Å²) in [4.78, 5) is 5.09. The number of rotatable bonds is 3. The zero-order chi connectivity index (χ0) is 14.1. The van der Waals surface area contributed by atoms with Crippen molar-refractivity contribution >= 4 is 34.5 Å². The third-order valence-electron chi connectivity index (χ3n) is 3.09. The first-order chi connectivity index (χ1) is 9.66. The molecule has 3 rings (SSSR count). The topological polar surface area (TPSA) is 43.3 Å². The van der Waals surface area contributed by atoms with Gasteiger partial charge in [-0.15, -0.1) is 0 Å². The fraction of sp³-hybridized carbons (Fsp3) is 0.0667. The van der Waals surface area contributed by atoms with Crippen LogP contribution in [0.15, 0.2) is 48.7 Å². The molecule has 0 amide bonds. The highest BCUT2D eigenvalue weighted by Gasteiger charge is 2.15. The van der Waals surface area contributed by atoms with E-state index in [0.717, 1.165) is 22.6 Å². The van der Waals surface area contributed by atoms with Crippen molar-refractivity contribution in [3.8, 4) is 11.3 Å². The van der Waals surface area contributed by atoms with Crippen LogP contribution in [0.3, 0.4) is 0 Å². The van der Waals surface area contributed by atoms with Gasteiger partial charge in [-0.25, -0.2) is 4.98 Å². The van der Waals surface area contributed by atoms with Crippen LogP contribution in [-0.2, 0) is 6.42 Å². The lowest BCUT2D eigenvalue weighted by Crippen LogP contribution is -2.13. The molecule has 20 heavy (non-hydrogen) atoms. The van der Waals surface area contributed by atoms with Crippen LogP contribution in [0.2, 0.25) is 5.02 Å². The molecule has 3 nitrogen and oxygen atoms in total. The SMILES string of the molecule is NC(=S)Cc1c(-c2ccccc2)nc2c(Cl)cccn12. The van der Waals surface area contributed by atoms with E-state index >= 15 is 0 Å². The number of imidazole rings is 1. The largest absolute Gasteiger partial charge is 0.393 e. The van der Waals surface area contributed by atoms with Crippen molar-refractivity contribution in [1.82, 2.24) is 9.38 Å². The van der Waals surface area contributed by atoms with Crippen LogP contribution in [0, 0.1) is 0 Å². The number of nitrogens with two attached hydrogens (primary N) is 1. The summed E-state index contributed by atoms with van der Waals surface area (Å²) in [6.45, 7) is 0. The third-order valence-corrected chi connectivity index (χ3v) is 3.53. The van der Waals surface area contributed by atoms with Crippen LogP contribution >= 0.6 is 23.8 Å². The molecule has 2 aromatic heterocycles. The van der Waals surface area contributed by atoms with Crippen molar-refractivity contribution in [2.24, 2.45) is 5.73 Å². The molecule has 0 bridgehead atoms. The van der Waals surface area contributed by atoms with E-state index in [-0.39, 0.29) is 0 Å². The Morgan fingerprint density at radius 2 is 1.95 bits per heavy atom. The maximum Gasteiger partial charge on any atom is 0.156 e. The van der Waals surface area contributed by atoms with Gasteiger partial charge in [0.15, 0.2) is 5.65 Å². The molecule has 1 aromatic carbocycles. The number of hydrogen-bond acceptors (Lipinski definition) is 2. The maximum atomic E-state index is 6.22. The Balaban J connectivity index is 2.30. The maximum absolute atomic E-state index is 6.22. The molecule has 0 spiro atoms. The highest BCUT2D eigenvalue weighted by molar-refractivity contribution is 7.80. The summed E-state index contributed by atoms with van der Waals surface area (Å²) in [5.41, 5.74) is 9.29. The molecule has 5 heteroatoms. The van der Waals surface area contributed by atoms with Crippen molar-refractivity contribution < 1.29 is 0 Å². The molecule has 0 unspecified atom stereocenters. The fourth-order valence-corrected chi connectivity index (χ4v) is 2.59. The summed E-state index contributed by atoms with van der Waals surface area (Å²) >= 11 is 11.3. The van der Waals surface area contributed by atoms with E-state index in [1.807, 2.05) is 53.1 Å². The minimum atomic E-state index is 0.434. The van der Waals surface area contributed by atoms with Gasteiger partial charge in [0, 0.05) is 18.2 Å². The molecule has 0 radical (unpaired) electrons. The summed E-state index contributed by atoms with van der Waals surface area (Å²) in [6, 6.07) is 13.7. The monoisotopic (exact) mass is 301 g/mol. The smallest absolute Gasteiger partial charge is 0.156 e. The molecule has 0 fully saturated rings. The van der Waals surface area contributed by atoms with E-state index in [9.17, 15) is 0 Å². The van der Waals surface area contributed by atoms with Gasteiger partial charge in [0.25, 0.3) is 0 Å². The van der Waals surface area contributed by atoms with E-state index in [0.29, 0.717) is 16.4 Å². The third kappa shape index (κ3) is 2.28. The van der Waals surface area contributed by atoms with E-state index in [1.54, 1.807) is 0 Å². The number of fused-ring (bicyclic) bond motifs is 1. The molecule has 0 aliphatic rings. The van der Waals surface area contributed by atoms with Gasteiger partial charge in [0.1, 0.15) is 0 Å². The second-order valence-corrected chi connectivity index (χ2v) is 5.40. The zero-order valence-corrected chi connectivity index (χ0v) is 12.2. The van der Waals surface area contributed by atoms with Crippen LogP contribution < -0.4 is 5.73 Å². The van der Waals surface area contributed by atoms with Crippen molar-refractivity contribution in [3.63, 3.8) is 0 Å². The molecule has 0 aliphatic carbocycles. The van der Waals surface area contributed by atoms with Gasteiger partial charge in [0.05, 0.1) is 21.4 Å². The normalized spacial score (nSPS) is 10.8. The Morgan fingerprint density at radius 1 is 1.20 bits per heavy atom. The Kier molecular flexibility index (Phi) is 3.42. The van der Waals surface area contributed by atoms with Gasteiger partial charge in [0.2, 0.25) is 0 Å². The Labute approximate surface area is 127 Å². The minimum Gasteiger partial charge on any atom is -0.393 e. The second-order valence-electron chi connectivity index (χ2n) is 4.47. The van der Waals surface area contributed by atoms with Gasteiger partial charge < -0.3 is 10.1 Å². The van der Waals surface area contributed by atoms with Gasteiger partial charge in [-0.05, 0) is 12.1 Å². The second kappa shape index (κ2) is 5.23. The van der Waals surface area contributed by atoms with Crippen molar-refractivity contribution in [2.45, 2.75) is 6.42 Å². The molecule has 0 atom stereocenters. The first kappa shape index (κ1) is 13.1. The van der Waals surface area contributed by atoms with Gasteiger partial charge >= 0.3 is 0 Å². The molecular formula is C15H12ClN3S. The molecule has 0 saturated carbocycles. The van der Waals surface area contributed by atoms with Gasteiger partial charge in [-0.2, -0.15) is 0 Å². The lowest BCUT2D eigenvalue weighted by Gasteiger charge is -2.04. The quantitative estimate of drug-likeness (QED) is 0.753. The first-order valence-corrected chi connectivity index (χ1v) is 6.94. The predicted octanol–water partition coefficient (Wildman–Crippen LogP) is 3.48. The molecule has 2 N–H and O–H groups in total. The average Bonchev–Trinajstić information content (AvgIpc) is 2.80. The van der Waals surface area contributed by atoms with Gasteiger partial charge in [-0.1, -0.05) is 54.2 Å². The summed E-state index contributed by atoms with van der Waals surface area (Å²) in [5.74, 6) is 0. The molecule has 0 saturated heterocycles. The van der Waals surface area contributed by atoms with E-state index < -0.39 is 0 Å². The van der Waals surface area contributed by atoms with Crippen LogP contribution in [0.25, 0.3) is 16.9 Å². The molecule has 2 heterocycles. The van der Waals surface area contributed by atoms with Crippen molar-refractivity contribution in [1.29, 1.82) is 0 Å². The zero-order valence-electron chi connectivity index (χ0n) is 10.6. The lowest BCUT2D eigenvalue weighted by molar-refractivity contribution is 1.07. The molecular weight excluding hydrogens is 290 g/mol. The van der Waals surface area contributed by atoms with Crippen LogP contribution in [-0.4, -0.2) is 14.4 Å². The van der Waals surface area contributed by atoms with Crippen LogP contribution in [0.5, 0.6) is 0 Å². The Morgan fingerprint density at radius 3 is 2.65 bits per heavy atom. The van der Waals surface area contributed by atoms with E-state index in [4.69, 9.17) is 29.6 Å². The number of benzene rings is 1. The Bertz CT molecular complexity index is 780.